The Hall–Kier alpha value is -2.64. The fourth-order valence-corrected chi connectivity index (χ4v) is 1.94. The van der Waals surface area contributed by atoms with Crippen molar-refractivity contribution in [1.82, 2.24) is 4.98 Å². The summed E-state index contributed by atoms with van der Waals surface area (Å²) in [5.41, 5.74) is 2.10. The minimum atomic E-state index is -0.281. The van der Waals surface area contributed by atoms with Crippen LogP contribution in [-0.4, -0.2) is 35.8 Å². The molecule has 0 amide bonds. The highest BCUT2D eigenvalue weighted by Gasteiger charge is 2.17. The van der Waals surface area contributed by atoms with Crippen LogP contribution in [0.1, 0.15) is 10.4 Å². The molecule has 0 atom stereocenters. The molecule has 0 aliphatic heterocycles. The van der Waals surface area contributed by atoms with E-state index in [0.717, 1.165) is 5.48 Å². The molecule has 0 saturated heterocycles. The summed E-state index contributed by atoms with van der Waals surface area (Å²) < 4.78 is 10.2. The van der Waals surface area contributed by atoms with Crippen molar-refractivity contribution in [3.05, 3.63) is 29.8 Å². The molecule has 0 saturated carbocycles. The first-order valence-electron chi connectivity index (χ1n) is 6.03. The van der Waals surface area contributed by atoms with Gasteiger partial charge in [0.1, 0.15) is 0 Å². The maximum atomic E-state index is 11.0. The number of methoxy groups -OCH3 is 2. The molecule has 1 heterocycles. The first-order chi connectivity index (χ1) is 10.1. The number of aromatic hydroxyl groups is 1. The monoisotopic (exact) mass is 291 g/mol. The summed E-state index contributed by atoms with van der Waals surface area (Å²) in [7, 11) is 2.96. The number of benzene rings is 1. The van der Waals surface area contributed by atoms with Gasteiger partial charge < -0.3 is 14.6 Å². The Labute approximate surface area is 120 Å². The SMILES string of the molecule is COc1ccc(-c2cc(C=O)c(O)c([NH2+]O)c2)c(OC)n1. The molecule has 0 radical (unpaired) electrons. The van der Waals surface area contributed by atoms with E-state index in [1.54, 1.807) is 12.1 Å². The maximum Gasteiger partial charge on any atom is 0.224 e. The van der Waals surface area contributed by atoms with Crippen molar-refractivity contribution in [2.24, 2.45) is 0 Å². The normalized spacial score (nSPS) is 10.2. The summed E-state index contributed by atoms with van der Waals surface area (Å²) in [6.45, 7) is 0. The highest BCUT2D eigenvalue weighted by molar-refractivity contribution is 5.86. The van der Waals surface area contributed by atoms with Crippen LogP contribution in [0.3, 0.4) is 0 Å². The Morgan fingerprint density at radius 3 is 2.57 bits per heavy atom. The van der Waals surface area contributed by atoms with E-state index < -0.39 is 0 Å². The van der Waals surface area contributed by atoms with Crippen molar-refractivity contribution >= 4 is 12.0 Å². The third-order valence-electron chi connectivity index (χ3n) is 2.98. The van der Waals surface area contributed by atoms with Crippen molar-refractivity contribution in [2.45, 2.75) is 0 Å². The van der Waals surface area contributed by atoms with E-state index >= 15 is 0 Å². The average Bonchev–Trinajstić information content (AvgIpc) is 2.54. The van der Waals surface area contributed by atoms with Gasteiger partial charge in [0, 0.05) is 17.7 Å². The zero-order valence-electron chi connectivity index (χ0n) is 11.5. The van der Waals surface area contributed by atoms with Crippen molar-refractivity contribution in [1.29, 1.82) is 0 Å². The van der Waals surface area contributed by atoms with Crippen molar-refractivity contribution in [3.63, 3.8) is 0 Å². The van der Waals surface area contributed by atoms with Gasteiger partial charge in [0.2, 0.25) is 17.4 Å². The predicted octanol–water partition coefficient (Wildman–Crippen LogP) is 0.868. The van der Waals surface area contributed by atoms with Gasteiger partial charge in [-0.3, -0.25) is 4.79 Å². The van der Waals surface area contributed by atoms with Crippen LogP contribution >= 0.6 is 0 Å². The van der Waals surface area contributed by atoms with Gasteiger partial charge in [-0.25, -0.2) is 5.21 Å². The lowest BCUT2D eigenvalue weighted by Crippen LogP contribution is -2.73. The van der Waals surface area contributed by atoms with Crippen molar-refractivity contribution < 1.29 is 30.1 Å². The Balaban J connectivity index is 2.63. The molecule has 0 spiro atoms. The Morgan fingerprint density at radius 2 is 2.00 bits per heavy atom. The molecular formula is C14H15N2O5+. The van der Waals surface area contributed by atoms with Crippen molar-refractivity contribution in [2.75, 3.05) is 14.2 Å². The number of nitrogens with zero attached hydrogens (tertiary/aromatic N) is 1. The zero-order chi connectivity index (χ0) is 15.4. The van der Waals surface area contributed by atoms with E-state index in [4.69, 9.17) is 14.7 Å². The van der Waals surface area contributed by atoms with E-state index in [2.05, 4.69) is 4.98 Å². The molecule has 1 aromatic carbocycles. The number of ether oxygens (including phenoxy) is 2. The molecule has 0 aliphatic carbocycles. The summed E-state index contributed by atoms with van der Waals surface area (Å²) >= 11 is 0. The number of rotatable bonds is 5. The number of nitrogens with two attached hydrogens (primary N) is 1. The number of carbonyl (C=O) groups excluding carboxylic acids is 1. The maximum absolute atomic E-state index is 11.0. The number of aldehydes is 1. The highest BCUT2D eigenvalue weighted by Crippen LogP contribution is 2.35. The summed E-state index contributed by atoms with van der Waals surface area (Å²) in [5, 5.41) is 18.9. The van der Waals surface area contributed by atoms with Crippen LogP contribution in [0.2, 0.25) is 0 Å². The topological polar surface area (TPSA) is 105 Å². The largest absolute Gasteiger partial charge is 0.502 e. The third-order valence-corrected chi connectivity index (χ3v) is 2.98. The summed E-state index contributed by atoms with van der Waals surface area (Å²) in [6, 6.07) is 6.37. The van der Waals surface area contributed by atoms with Crippen LogP contribution in [0, 0.1) is 0 Å². The molecule has 2 rings (SSSR count). The smallest absolute Gasteiger partial charge is 0.224 e. The highest BCUT2D eigenvalue weighted by atomic mass is 16.5. The van der Waals surface area contributed by atoms with Gasteiger partial charge in [0.25, 0.3) is 0 Å². The Morgan fingerprint density at radius 1 is 1.24 bits per heavy atom. The number of quaternary nitrogens is 1. The van der Waals surface area contributed by atoms with Crippen LogP contribution < -0.4 is 15.0 Å². The molecule has 0 fully saturated rings. The lowest BCUT2D eigenvalue weighted by Gasteiger charge is -2.11. The number of pyridine rings is 1. The second-order valence-corrected chi connectivity index (χ2v) is 4.16. The molecule has 0 bridgehead atoms. The lowest BCUT2D eigenvalue weighted by molar-refractivity contribution is -0.826. The fraction of sp³-hybridized carbons (Fsp3) is 0.143. The Kier molecular flexibility index (Phi) is 4.36. The number of phenols is 1. The van der Waals surface area contributed by atoms with Gasteiger partial charge in [-0.1, -0.05) is 0 Å². The van der Waals surface area contributed by atoms with E-state index in [9.17, 15) is 9.90 Å². The molecule has 7 nitrogen and oxygen atoms in total. The fourth-order valence-electron chi connectivity index (χ4n) is 1.94. The molecule has 21 heavy (non-hydrogen) atoms. The Bertz CT molecular complexity index is 673. The zero-order valence-corrected chi connectivity index (χ0v) is 11.5. The van der Waals surface area contributed by atoms with Gasteiger partial charge in [0.05, 0.1) is 19.8 Å². The first kappa shape index (κ1) is 14.8. The molecule has 110 valence electrons. The van der Waals surface area contributed by atoms with E-state index in [1.807, 2.05) is 0 Å². The minimum Gasteiger partial charge on any atom is -0.502 e. The van der Waals surface area contributed by atoms with E-state index in [0.29, 0.717) is 29.2 Å². The minimum absolute atomic E-state index is 0.0608. The van der Waals surface area contributed by atoms with Crippen LogP contribution in [0.25, 0.3) is 11.1 Å². The number of aromatic nitrogens is 1. The molecule has 0 aliphatic rings. The molecule has 2 aromatic rings. The molecule has 0 unspecified atom stereocenters. The van der Waals surface area contributed by atoms with Crippen LogP contribution in [-0.2, 0) is 0 Å². The summed E-state index contributed by atoms with van der Waals surface area (Å²) in [6.07, 6.45) is 0.509. The van der Waals surface area contributed by atoms with Gasteiger partial charge >= 0.3 is 0 Å². The van der Waals surface area contributed by atoms with Crippen LogP contribution in [0.4, 0.5) is 5.69 Å². The lowest BCUT2D eigenvalue weighted by atomic mass is 10.0. The van der Waals surface area contributed by atoms with Crippen LogP contribution in [0.5, 0.6) is 17.5 Å². The molecule has 7 heteroatoms. The van der Waals surface area contributed by atoms with Crippen molar-refractivity contribution in [3.8, 4) is 28.6 Å². The molecule has 4 N–H and O–H groups in total. The third kappa shape index (κ3) is 2.78. The van der Waals surface area contributed by atoms with E-state index in [-0.39, 0.29) is 17.0 Å². The number of hydrogen-bond donors (Lipinski definition) is 3. The molecule has 1 aromatic heterocycles. The van der Waals surface area contributed by atoms with Gasteiger partial charge in [-0.2, -0.15) is 10.5 Å². The summed E-state index contributed by atoms with van der Waals surface area (Å²) in [5.74, 6) is 0.413. The first-order valence-corrected chi connectivity index (χ1v) is 6.03. The predicted molar refractivity (Wildman–Crippen MR) is 73.2 cm³/mol. The van der Waals surface area contributed by atoms with Gasteiger partial charge in [-0.15, -0.1) is 0 Å². The number of hydrogen-bond acceptors (Lipinski definition) is 6. The summed E-state index contributed by atoms with van der Waals surface area (Å²) in [4.78, 5) is 15.2. The second-order valence-electron chi connectivity index (χ2n) is 4.16. The number of carbonyl (C=O) groups is 1. The van der Waals surface area contributed by atoms with Gasteiger partial charge in [0.15, 0.2) is 12.0 Å². The quantitative estimate of drug-likeness (QED) is 0.327. The van der Waals surface area contributed by atoms with Gasteiger partial charge in [-0.05, 0) is 17.7 Å². The second kappa shape index (κ2) is 6.21. The molecular weight excluding hydrogens is 276 g/mol. The van der Waals surface area contributed by atoms with Crippen LogP contribution in [0.15, 0.2) is 24.3 Å². The average molecular weight is 291 g/mol. The van der Waals surface area contributed by atoms with E-state index in [1.165, 1.54) is 26.4 Å². The number of phenolic OH excluding ortho intramolecular Hbond substituents is 1. The standard InChI is InChI=1S/C14H14N2O5/c1-20-12-4-3-10(14(15-12)21-2)8-5-9(7-17)13(18)11(6-8)16-19/h3-7,16,18-19H,1-2H3/p+1.